The molecule has 0 saturated carbocycles. The molecule has 1 aliphatic carbocycles. The molecule has 22 heavy (non-hydrogen) atoms. The highest BCUT2D eigenvalue weighted by atomic mass is 35.7. The van der Waals surface area contributed by atoms with E-state index in [9.17, 15) is 26.4 Å². The topological polar surface area (TPSA) is 54.5 Å². The van der Waals surface area contributed by atoms with Crippen LogP contribution in [-0.4, -0.2) is 38.5 Å². The third-order valence-electron chi connectivity index (χ3n) is 4.20. The normalized spacial score (nSPS) is 24.3. The average Bonchev–Trinajstić information content (AvgIpc) is 2.67. The molecule has 0 spiro atoms. The number of nitrogens with zero attached hydrogens (tertiary/aromatic N) is 1. The quantitative estimate of drug-likeness (QED) is 0.729. The summed E-state index contributed by atoms with van der Waals surface area (Å²) in [4.78, 5) is 12.1. The summed E-state index contributed by atoms with van der Waals surface area (Å²) in [7, 11) is 1.41. The van der Waals surface area contributed by atoms with Crippen molar-refractivity contribution in [1.82, 2.24) is 4.90 Å². The predicted molar refractivity (Wildman–Crippen MR) is 72.2 cm³/mol. The van der Waals surface area contributed by atoms with E-state index < -0.39 is 21.1 Å². The molecule has 3 rings (SSSR count). The second kappa shape index (κ2) is 4.86. The first-order chi connectivity index (χ1) is 10.1. The van der Waals surface area contributed by atoms with E-state index in [0.29, 0.717) is 12.0 Å². The fourth-order valence-corrected chi connectivity index (χ4v) is 4.11. The molecule has 1 amide bonds. The number of carbonyl (C=O) groups excluding carboxylic acids is 1. The molecule has 1 heterocycles. The van der Waals surface area contributed by atoms with Crippen molar-refractivity contribution in [3.05, 3.63) is 29.3 Å². The maximum Gasteiger partial charge on any atom is 0.471 e. The van der Waals surface area contributed by atoms with Crippen LogP contribution in [0.4, 0.5) is 13.2 Å². The molecule has 4 nitrogen and oxygen atoms in total. The SMILES string of the molecule is O=C(N1C[C@H]2C[C@@H](C1)c1cc(S(=O)(=O)Cl)ccc12)C(F)(F)F. The summed E-state index contributed by atoms with van der Waals surface area (Å²) >= 11 is 0. The number of likely N-dealkylation sites (tertiary alicyclic amines) is 1. The van der Waals surface area contributed by atoms with Gasteiger partial charge in [-0.05, 0) is 29.7 Å². The first-order valence-corrected chi connectivity index (χ1v) is 8.83. The van der Waals surface area contributed by atoms with E-state index >= 15 is 0 Å². The Morgan fingerprint density at radius 1 is 1.18 bits per heavy atom. The van der Waals surface area contributed by atoms with E-state index in [1.165, 1.54) is 12.1 Å². The zero-order valence-corrected chi connectivity index (χ0v) is 12.7. The number of carbonyl (C=O) groups is 1. The molecule has 1 aromatic carbocycles. The molecular weight excluding hydrogens is 343 g/mol. The fraction of sp³-hybridized carbons (Fsp3) is 0.462. The van der Waals surface area contributed by atoms with Gasteiger partial charge in [0.05, 0.1) is 4.90 Å². The molecule has 0 N–H and O–H groups in total. The van der Waals surface area contributed by atoms with Gasteiger partial charge < -0.3 is 4.90 Å². The Kier molecular flexibility index (Phi) is 3.45. The number of hydrogen-bond donors (Lipinski definition) is 0. The van der Waals surface area contributed by atoms with E-state index in [-0.39, 0.29) is 29.8 Å². The van der Waals surface area contributed by atoms with Crippen molar-refractivity contribution in [3.8, 4) is 0 Å². The molecule has 9 heteroatoms. The maximum absolute atomic E-state index is 12.6. The Hall–Kier alpha value is -1.28. The van der Waals surface area contributed by atoms with Crippen LogP contribution < -0.4 is 0 Å². The van der Waals surface area contributed by atoms with Crippen molar-refractivity contribution in [2.75, 3.05) is 13.1 Å². The molecule has 2 bridgehead atoms. The van der Waals surface area contributed by atoms with E-state index in [4.69, 9.17) is 10.7 Å². The van der Waals surface area contributed by atoms with Crippen LogP contribution in [0, 0.1) is 0 Å². The summed E-state index contributed by atoms with van der Waals surface area (Å²) in [6.45, 7) is -0.0670. The van der Waals surface area contributed by atoms with Gasteiger partial charge in [-0.3, -0.25) is 4.79 Å². The zero-order valence-electron chi connectivity index (χ0n) is 11.1. The summed E-state index contributed by atoms with van der Waals surface area (Å²) in [5.41, 5.74) is 1.47. The van der Waals surface area contributed by atoms with Gasteiger partial charge in [0.15, 0.2) is 0 Å². The Labute approximate surface area is 129 Å². The molecule has 2 atom stereocenters. The first-order valence-electron chi connectivity index (χ1n) is 6.52. The monoisotopic (exact) mass is 353 g/mol. The maximum atomic E-state index is 12.6. The molecule has 0 radical (unpaired) electrons. The lowest BCUT2D eigenvalue weighted by atomic mass is 9.96. The highest BCUT2D eigenvalue weighted by Crippen LogP contribution is 2.47. The summed E-state index contributed by atoms with van der Waals surface area (Å²) in [6, 6.07) is 4.33. The number of amides is 1. The average molecular weight is 354 g/mol. The third kappa shape index (κ3) is 2.58. The molecule has 1 fully saturated rings. The lowest BCUT2D eigenvalue weighted by Crippen LogP contribution is -2.46. The number of fused-ring (bicyclic) bond motifs is 5. The lowest BCUT2D eigenvalue weighted by Gasteiger charge is -2.32. The van der Waals surface area contributed by atoms with Crippen LogP contribution in [0.15, 0.2) is 23.1 Å². The van der Waals surface area contributed by atoms with Gasteiger partial charge in [0.25, 0.3) is 9.05 Å². The van der Waals surface area contributed by atoms with Crippen LogP contribution in [0.1, 0.15) is 29.4 Å². The fourth-order valence-electron chi connectivity index (χ4n) is 3.32. The third-order valence-corrected chi connectivity index (χ3v) is 5.55. The van der Waals surface area contributed by atoms with E-state index in [2.05, 4.69) is 0 Å². The van der Waals surface area contributed by atoms with Gasteiger partial charge in [-0.15, -0.1) is 0 Å². The lowest BCUT2D eigenvalue weighted by molar-refractivity contribution is -0.186. The van der Waals surface area contributed by atoms with Crippen LogP contribution in [0.3, 0.4) is 0 Å². The zero-order chi connectivity index (χ0) is 16.3. The second-order valence-corrected chi connectivity index (χ2v) is 8.13. The van der Waals surface area contributed by atoms with Gasteiger partial charge in [0, 0.05) is 35.6 Å². The minimum absolute atomic E-state index is 0.00514. The largest absolute Gasteiger partial charge is 0.471 e. The van der Waals surface area contributed by atoms with Gasteiger partial charge in [0.1, 0.15) is 0 Å². The predicted octanol–water partition coefficient (Wildman–Crippen LogP) is 2.59. The number of halogens is 4. The van der Waals surface area contributed by atoms with Crippen LogP contribution in [0.5, 0.6) is 0 Å². The Morgan fingerprint density at radius 2 is 1.77 bits per heavy atom. The molecule has 2 aliphatic rings. The molecular formula is C13H11ClF3NO3S. The van der Waals surface area contributed by atoms with Crippen molar-refractivity contribution < 1.29 is 26.4 Å². The molecule has 1 aromatic rings. The second-order valence-electron chi connectivity index (χ2n) is 5.57. The van der Waals surface area contributed by atoms with Gasteiger partial charge in [-0.2, -0.15) is 13.2 Å². The summed E-state index contributed by atoms with van der Waals surface area (Å²) in [5, 5.41) is 0. The number of piperidine rings is 1. The van der Waals surface area contributed by atoms with Gasteiger partial charge in [-0.1, -0.05) is 6.07 Å². The number of hydrogen-bond acceptors (Lipinski definition) is 3. The molecule has 0 unspecified atom stereocenters. The van der Waals surface area contributed by atoms with Crippen LogP contribution in [0.2, 0.25) is 0 Å². The minimum atomic E-state index is -4.90. The van der Waals surface area contributed by atoms with Crippen molar-refractivity contribution in [2.24, 2.45) is 0 Å². The van der Waals surface area contributed by atoms with Crippen LogP contribution in [0.25, 0.3) is 0 Å². The Morgan fingerprint density at radius 3 is 2.32 bits per heavy atom. The van der Waals surface area contributed by atoms with Crippen molar-refractivity contribution in [3.63, 3.8) is 0 Å². The summed E-state index contributed by atoms with van der Waals surface area (Å²) in [5.74, 6) is -2.34. The Balaban J connectivity index is 1.93. The summed E-state index contributed by atoms with van der Waals surface area (Å²) in [6.07, 6.45) is -4.28. The minimum Gasteiger partial charge on any atom is -0.334 e. The van der Waals surface area contributed by atoms with E-state index in [1.54, 1.807) is 6.07 Å². The molecule has 1 aliphatic heterocycles. The molecule has 1 saturated heterocycles. The summed E-state index contributed by atoms with van der Waals surface area (Å²) < 4.78 is 60.5. The van der Waals surface area contributed by atoms with Gasteiger partial charge in [0.2, 0.25) is 0 Å². The number of benzene rings is 1. The van der Waals surface area contributed by atoms with Crippen LogP contribution >= 0.6 is 10.7 Å². The molecule has 0 aromatic heterocycles. The van der Waals surface area contributed by atoms with Crippen molar-refractivity contribution in [1.29, 1.82) is 0 Å². The first kappa shape index (κ1) is 15.6. The Bertz CT molecular complexity index is 747. The standard InChI is InChI=1S/C13H11ClF3NO3S/c14-22(20,21)9-1-2-10-7-3-8(11(10)4-9)6-18(5-7)12(19)13(15,16)17/h1-2,4,7-8H,3,5-6H2/t7-,8+/m1/s1. The van der Waals surface area contributed by atoms with Gasteiger partial charge >= 0.3 is 12.1 Å². The van der Waals surface area contributed by atoms with Gasteiger partial charge in [-0.25, -0.2) is 8.42 Å². The highest BCUT2D eigenvalue weighted by molar-refractivity contribution is 8.13. The van der Waals surface area contributed by atoms with Crippen molar-refractivity contribution >= 4 is 25.6 Å². The number of alkyl halides is 3. The van der Waals surface area contributed by atoms with E-state index in [1.807, 2.05) is 0 Å². The van der Waals surface area contributed by atoms with E-state index in [0.717, 1.165) is 10.5 Å². The van der Waals surface area contributed by atoms with Crippen molar-refractivity contribution in [2.45, 2.75) is 29.3 Å². The molecule has 120 valence electrons. The number of rotatable bonds is 1. The van der Waals surface area contributed by atoms with Crippen LogP contribution in [-0.2, 0) is 13.8 Å². The highest BCUT2D eigenvalue weighted by Gasteiger charge is 2.47. The smallest absolute Gasteiger partial charge is 0.334 e.